The lowest BCUT2D eigenvalue weighted by atomic mass is 9.77. The van der Waals surface area contributed by atoms with Gasteiger partial charge in [0.05, 0.1) is 12.0 Å². The third kappa shape index (κ3) is 3.78. The molecule has 26 heavy (non-hydrogen) atoms. The molecule has 1 atom stereocenters. The fourth-order valence-corrected chi connectivity index (χ4v) is 5.40. The minimum Gasteiger partial charge on any atom is -0.342 e. The summed E-state index contributed by atoms with van der Waals surface area (Å²) in [5.74, 6) is 1.41. The number of amides is 2. The molecule has 5 nitrogen and oxygen atoms in total. The summed E-state index contributed by atoms with van der Waals surface area (Å²) in [6.07, 6.45) is 11.8. The molecule has 0 radical (unpaired) electrons. The van der Waals surface area contributed by atoms with E-state index in [1.54, 1.807) is 0 Å². The van der Waals surface area contributed by atoms with E-state index in [9.17, 15) is 9.59 Å². The molecule has 0 bridgehead atoms. The molecule has 146 valence electrons. The van der Waals surface area contributed by atoms with Gasteiger partial charge < -0.3 is 9.80 Å². The number of carbonyl (C=O) groups is 2. The van der Waals surface area contributed by atoms with Crippen LogP contribution in [0.15, 0.2) is 0 Å². The summed E-state index contributed by atoms with van der Waals surface area (Å²) in [5, 5.41) is 0. The van der Waals surface area contributed by atoms with Crippen LogP contribution in [-0.2, 0) is 9.59 Å². The SMILES string of the molecule is O=C(CN1CCC2(CCCN(CC3CCC3)C2=O)C1)N1CCCCCC1. The summed E-state index contributed by atoms with van der Waals surface area (Å²) in [4.78, 5) is 32.4. The molecular weight excluding hydrogens is 326 g/mol. The van der Waals surface area contributed by atoms with Crippen molar-refractivity contribution in [2.75, 3.05) is 45.8 Å². The highest BCUT2D eigenvalue weighted by molar-refractivity contribution is 5.84. The molecule has 1 unspecified atom stereocenters. The van der Waals surface area contributed by atoms with Crippen molar-refractivity contribution >= 4 is 11.8 Å². The molecule has 2 amide bonds. The highest BCUT2D eigenvalue weighted by Gasteiger charge is 2.48. The van der Waals surface area contributed by atoms with Crippen LogP contribution in [0.25, 0.3) is 0 Å². The summed E-state index contributed by atoms with van der Waals surface area (Å²) in [5.41, 5.74) is -0.193. The fraction of sp³-hybridized carbons (Fsp3) is 0.905. The number of piperidine rings is 1. The molecule has 0 aromatic rings. The van der Waals surface area contributed by atoms with Crippen LogP contribution < -0.4 is 0 Å². The molecule has 4 aliphatic rings. The number of carbonyl (C=O) groups excluding carboxylic acids is 2. The van der Waals surface area contributed by atoms with Gasteiger partial charge in [0.25, 0.3) is 0 Å². The van der Waals surface area contributed by atoms with Crippen molar-refractivity contribution in [1.82, 2.24) is 14.7 Å². The number of hydrogen-bond acceptors (Lipinski definition) is 3. The number of nitrogens with zero attached hydrogens (tertiary/aromatic N) is 3. The van der Waals surface area contributed by atoms with Crippen molar-refractivity contribution in [3.8, 4) is 0 Å². The van der Waals surface area contributed by atoms with E-state index in [-0.39, 0.29) is 11.3 Å². The minimum absolute atomic E-state index is 0.193. The van der Waals surface area contributed by atoms with Crippen LogP contribution in [0, 0.1) is 11.3 Å². The first-order chi connectivity index (χ1) is 12.7. The van der Waals surface area contributed by atoms with Gasteiger partial charge in [-0.15, -0.1) is 0 Å². The van der Waals surface area contributed by atoms with Gasteiger partial charge in [-0.1, -0.05) is 19.3 Å². The van der Waals surface area contributed by atoms with Gasteiger partial charge >= 0.3 is 0 Å². The van der Waals surface area contributed by atoms with E-state index in [1.807, 2.05) is 0 Å². The molecule has 3 heterocycles. The molecule has 5 heteroatoms. The zero-order valence-electron chi connectivity index (χ0n) is 16.3. The predicted octanol–water partition coefficient (Wildman–Crippen LogP) is 2.50. The molecule has 4 rings (SSSR count). The Morgan fingerprint density at radius 2 is 1.69 bits per heavy atom. The van der Waals surface area contributed by atoms with Crippen molar-refractivity contribution < 1.29 is 9.59 Å². The summed E-state index contributed by atoms with van der Waals surface area (Å²) in [6.45, 7) is 5.99. The van der Waals surface area contributed by atoms with Gasteiger partial charge in [0.2, 0.25) is 11.8 Å². The maximum absolute atomic E-state index is 13.2. The number of rotatable bonds is 4. The van der Waals surface area contributed by atoms with Crippen LogP contribution in [0.4, 0.5) is 0 Å². The maximum Gasteiger partial charge on any atom is 0.236 e. The van der Waals surface area contributed by atoms with E-state index < -0.39 is 0 Å². The van der Waals surface area contributed by atoms with Crippen molar-refractivity contribution in [3.05, 3.63) is 0 Å². The van der Waals surface area contributed by atoms with E-state index in [0.717, 1.165) is 77.3 Å². The zero-order chi connectivity index (χ0) is 18.0. The standard InChI is InChI=1S/C21H35N3O2/c25-19(23-11-3-1-2-4-12-23)16-22-14-10-21(17-22)9-6-13-24(20(21)26)15-18-7-5-8-18/h18H,1-17H2. The normalized spacial score (nSPS) is 31.3. The highest BCUT2D eigenvalue weighted by atomic mass is 16.2. The lowest BCUT2D eigenvalue weighted by Crippen LogP contribution is -2.52. The third-order valence-corrected chi connectivity index (χ3v) is 7.28. The van der Waals surface area contributed by atoms with Gasteiger partial charge in [0, 0.05) is 32.7 Å². The summed E-state index contributed by atoms with van der Waals surface area (Å²) in [7, 11) is 0. The largest absolute Gasteiger partial charge is 0.342 e. The molecule has 3 saturated heterocycles. The molecule has 1 spiro atoms. The van der Waals surface area contributed by atoms with Gasteiger partial charge in [-0.05, 0) is 57.4 Å². The Morgan fingerprint density at radius 1 is 0.923 bits per heavy atom. The first kappa shape index (κ1) is 18.3. The van der Waals surface area contributed by atoms with E-state index >= 15 is 0 Å². The smallest absolute Gasteiger partial charge is 0.236 e. The van der Waals surface area contributed by atoms with Crippen LogP contribution in [-0.4, -0.2) is 72.3 Å². The summed E-state index contributed by atoms with van der Waals surface area (Å²) < 4.78 is 0. The Hall–Kier alpha value is -1.10. The minimum atomic E-state index is -0.193. The second kappa shape index (κ2) is 7.87. The summed E-state index contributed by atoms with van der Waals surface area (Å²) >= 11 is 0. The van der Waals surface area contributed by atoms with Gasteiger partial charge in [-0.3, -0.25) is 14.5 Å². The Balaban J connectivity index is 1.32. The quantitative estimate of drug-likeness (QED) is 0.773. The average molecular weight is 362 g/mol. The van der Waals surface area contributed by atoms with Crippen LogP contribution in [0.2, 0.25) is 0 Å². The van der Waals surface area contributed by atoms with Crippen LogP contribution in [0.1, 0.15) is 64.2 Å². The predicted molar refractivity (Wildman–Crippen MR) is 102 cm³/mol. The molecule has 4 fully saturated rings. The maximum atomic E-state index is 13.2. The van der Waals surface area contributed by atoms with Crippen molar-refractivity contribution in [2.24, 2.45) is 11.3 Å². The molecule has 0 N–H and O–H groups in total. The Bertz CT molecular complexity index is 525. The Morgan fingerprint density at radius 3 is 2.38 bits per heavy atom. The van der Waals surface area contributed by atoms with Gasteiger partial charge in [-0.2, -0.15) is 0 Å². The van der Waals surface area contributed by atoms with E-state index in [0.29, 0.717) is 12.5 Å². The van der Waals surface area contributed by atoms with Gasteiger partial charge in [0.15, 0.2) is 0 Å². The number of likely N-dealkylation sites (tertiary alicyclic amines) is 3. The highest BCUT2D eigenvalue weighted by Crippen LogP contribution is 2.41. The fourth-order valence-electron chi connectivity index (χ4n) is 5.40. The second-order valence-corrected chi connectivity index (χ2v) is 9.19. The van der Waals surface area contributed by atoms with Crippen LogP contribution in [0.3, 0.4) is 0 Å². The van der Waals surface area contributed by atoms with Crippen molar-refractivity contribution in [2.45, 2.75) is 64.2 Å². The summed E-state index contributed by atoms with van der Waals surface area (Å²) in [6, 6.07) is 0. The Labute approximate surface area is 158 Å². The second-order valence-electron chi connectivity index (χ2n) is 9.19. The number of hydrogen-bond donors (Lipinski definition) is 0. The molecule has 0 aromatic heterocycles. The molecule has 1 saturated carbocycles. The van der Waals surface area contributed by atoms with Crippen molar-refractivity contribution in [1.29, 1.82) is 0 Å². The third-order valence-electron chi connectivity index (χ3n) is 7.28. The van der Waals surface area contributed by atoms with Gasteiger partial charge in [-0.25, -0.2) is 0 Å². The Kier molecular flexibility index (Phi) is 5.53. The topological polar surface area (TPSA) is 43.9 Å². The zero-order valence-corrected chi connectivity index (χ0v) is 16.3. The molecule has 3 aliphatic heterocycles. The van der Waals surface area contributed by atoms with E-state index in [2.05, 4.69) is 14.7 Å². The average Bonchev–Trinajstić information content (AvgIpc) is 2.82. The first-order valence-corrected chi connectivity index (χ1v) is 11.0. The molecule has 0 aromatic carbocycles. The monoisotopic (exact) mass is 361 g/mol. The van der Waals surface area contributed by atoms with E-state index in [4.69, 9.17) is 0 Å². The molecule has 1 aliphatic carbocycles. The first-order valence-electron chi connectivity index (χ1n) is 11.0. The van der Waals surface area contributed by atoms with Crippen molar-refractivity contribution in [3.63, 3.8) is 0 Å². The lowest BCUT2D eigenvalue weighted by molar-refractivity contribution is -0.147. The van der Waals surface area contributed by atoms with Crippen LogP contribution in [0.5, 0.6) is 0 Å². The molecular formula is C21H35N3O2. The van der Waals surface area contributed by atoms with E-state index in [1.165, 1.54) is 32.1 Å². The van der Waals surface area contributed by atoms with Gasteiger partial charge in [0.1, 0.15) is 0 Å². The lowest BCUT2D eigenvalue weighted by Gasteiger charge is -2.42. The van der Waals surface area contributed by atoms with Crippen LogP contribution >= 0.6 is 0 Å².